The van der Waals surface area contributed by atoms with Gasteiger partial charge in [0, 0.05) is 23.1 Å². The van der Waals surface area contributed by atoms with Crippen molar-refractivity contribution in [2.24, 2.45) is 0 Å². The third kappa shape index (κ3) is 3.31. The number of benzene rings is 3. The van der Waals surface area contributed by atoms with E-state index in [1.54, 1.807) is 18.5 Å². The maximum atomic E-state index is 12.4. The van der Waals surface area contributed by atoms with E-state index in [0.29, 0.717) is 17.1 Å². The van der Waals surface area contributed by atoms with Gasteiger partial charge in [0.05, 0.1) is 11.6 Å². The third-order valence-electron chi connectivity index (χ3n) is 4.98. The van der Waals surface area contributed by atoms with Crippen molar-refractivity contribution in [3.8, 4) is 11.1 Å². The first kappa shape index (κ1) is 17.8. The zero-order chi connectivity index (χ0) is 20.5. The number of urea groups is 1. The molecule has 30 heavy (non-hydrogen) atoms. The fraction of sp³-hybridized carbons (Fsp3) is 0. The number of carbonyl (C=O) groups excluding carboxylic acids is 1. The lowest BCUT2D eigenvalue weighted by Gasteiger charge is -2.09. The van der Waals surface area contributed by atoms with Crippen LogP contribution in [0.5, 0.6) is 0 Å². The van der Waals surface area contributed by atoms with Gasteiger partial charge >= 0.3 is 6.03 Å². The predicted octanol–water partition coefficient (Wildman–Crippen LogP) is 5.87. The van der Waals surface area contributed by atoms with Crippen LogP contribution in [0.2, 0.25) is 0 Å². The largest absolute Gasteiger partial charge is 0.463 e. The molecule has 0 radical (unpaired) electrons. The van der Waals surface area contributed by atoms with E-state index in [2.05, 4.69) is 15.6 Å². The Hall–Kier alpha value is -4.32. The Kier molecular flexibility index (Phi) is 4.29. The first-order valence-corrected chi connectivity index (χ1v) is 9.46. The highest BCUT2D eigenvalue weighted by molar-refractivity contribution is 6.02. The molecule has 0 aliphatic rings. The second kappa shape index (κ2) is 7.25. The molecule has 4 N–H and O–H groups in total. The summed E-state index contributed by atoms with van der Waals surface area (Å²) in [5.74, 6) is 0.424. The number of hydrogen-bond acceptors (Lipinski definition) is 4. The molecule has 0 aliphatic carbocycles. The summed E-state index contributed by atoms with van der Waals surface area (Å²) in [7, 11) is 0. The fourth-order valence-corrected chi connectivity index (χ4v) is 3.52. The molecule has 3 aromatic carbocycles. The third-order valence-corrected chi connectivity index (χ3v) is 4.98. The number of amides is 2. The van der Waals surface area contributed by atoms with Crippen molar-refractivity contribution in [1.82, 2.24) is 4.98 Å². The molecule has 0 aliphatic heterocycles. The summed E-state index contributed by atoms with van der Waals surface area (Å²) >= 11 is 0. The monoisotopic (exact) mass is 394 g/mol. The highest BCUT2D eigenvalue weighted by Crippen LogP contribution is 2.33. The van der Waals surface area contributed by atoms with Crippen molar-refractivity contribution in [2.75, 3.05) is 16.4 Å². The molecule has 146 valence electrons. The number of aromatic nitrogens is 1. The maximum absolute atomic E-state index is 12.4. The van der Waals surface area contributed by atoms with Gasteiger partial charge in [-0.2, -0.15) is 0 Å². The molecule has 0 atom stereocenters. The molecule has 2 aromatic heterocycles. The van der Waals surface area contributed by atoms with E-state index in [1.165, 1.54) is 0 Å². The van der Waals surface area contributed by atoms with Gasteiger partial charge < -0.3 is 20.8 Å². The molecule has 0 spiro atoms. The number of nitrogens with one attached hydrogen (secondary N) is 2. The summed E-state index contributed by atoms with van der Waals surface area (Å²) in [6.45, 7) is 0. The minimum absolute atomic E-state index is 0.305. The topological polar surface area (TPSA) is 93.2 Å². The van der Waals surface area contributed by atoms with Crippen molar-refractivity contribution in [2.45, 2.75) is 0 Å². The maximum Gasteiger partial charge on any atom is 0.323 e. The molecule has 0 unspecified atom stereocenters. The lowest BCUT2D eigenvalue weighted by atomic mass is 10.0. The number of nitrogen functional groups attached to an aromatic ring is 1. The normalized spacial score (nSPS) is 10.9. The molecule has 6 heteroatoms. The molecular weight excluding hydrogens is 376 g/mol. The first-order chi connectivity index (χ1) is 14.7. The van der Waals surface area contributed by atoms with E-state index in [9.17, 15) is 4.79 Å². The summed E-state index contributed by atoms with van der Waals surface area (Å²) in [6, 6.07) is 22.8. The molecule has 0 saturated heterocycles. The Morgan fingerprint density at radius 3 is 2.43 bits per heavy atom. The first-order valence-electron chi connectivity index (χ1n) is 9.46. The molecule has 2 amide bonds. The number of hydrogen-bond donors (Lipinski definition) is 3. The number of anilines is 3. The van der Waals surface area contributed by atoms with Crippen molar-refractivity contribution < 1.29 is 9.21 Å². The summed E-state index contributed by atoms with van der Waals surface area (Å²) in [6.07, 6.45) is 3.28. The van der Waals surface area contributed by atoms with Crippen LogP contribution in [0.3, 0.4) is 0 Å². The molecule has 0 fully saturated rings. The van der Waals surface area contributed by atoms with Gasteiger partial charge in [0.2, 0.25) is 0 Å². The standard InChI is InChI=1S/C24H18N4O2/c25-23-22-20(14-30-21(22)11-12-26-23)16-6-8-18(9-7-16)27-24(29)28-19-10-5-15-3-1-2-4-17(15)13-19/h1-14H,(H2,25,26)(H2,27,28,29). The van der Waals surface area contributed by atoms with Gasteiger partial charge in [-0.05, 0) is 46.7 Å². The van der Waals surface area contributed by atoms with Gasteiger partial charge in [-0.15, -0.1) is 0 Å². The smallest absolute Gasteiger partial charge is 0.323 e. The summed E-state index contributed by atoms with van der Waals surface area (Å²) in [5, 5.41) is 8.70. The van der Waals surface area contributed by atoms with Crippen LogP contribution < -0.4 is 16.4 Å². The van der Waals surface area contributed by atoms with Crippen LogP contribution in [-0.4, -0.2) is 11.0 Å². The Morgan fingerprint density at radius 2 is 1.60 bits per heavy atom. The number of nitrogens with two attached hydrogens (primary N) is 1. The number of carbonyl (C=O) groups is 1. The Morgan fingerprint density at radius 1 is 0.867 bits per heavy atom. The van der Waals surface area contributed by atoms with Crippen LogP contribution in [0, 0.1) is 0 Å². The van der Waals surface area contributed by atoms with Gasteiger partial charge in [-0.3, -0.25) is 0 Å². The van der Waals surface area contributed by atoms with Crippen LogP contribution in [-0.2, 0) is 0 Å². The molecule has 2 heterocycles. The van der Waals surface area contributed by atoms with Crippen molar-refractivity contribution >= 4 is 45.0 Å². The van der Waals surface area contributed by atoms with E-state index < -0.39 is 0 Å². The Bertz CT molecular complexity index is 1370. The molecular formula is C24H18N4O2. The molecule has 6 nitrogen and oxygen atoms in total. The minimum atomic E-state index is -0.305. The van der Waals surface area contributed by atoms with Crippen LogP contribution in [0.15, 0.2) is 89.7 Å². The molecule has 0 saturated carbocycles. The predicted molar refractivity (Wildman–Crippen MR) is 120 cm³/mol. The van der Waals surface area contributed by atoms with Gasteiger partial charge in [0.25, 0.3) is 0 Å². The van der Waals surface area contributed by atoms with Crippen molar-refractivity contribution in [1.29, 1.82) is 0 Å². The number of fused-ring (bicyclic) bond motifs is 2. The lowest BCUT2D eigenvalue weighted by molar-refractivity contribution is 0.262. The van der Waals surface area contributed by atoms with Crippen LogP contribution in [0.4, 0.5) is 22.0 Å². The molecule has 5 aromatic rings. The van der Waals surface area contributed by atoms with Crippen LogP contribution in [0.1, 0.15) is 0 Å². The van der Waals surface area contributed by atoms with E-state index in [-0.39, 0.29) is 6.03 Å². The second-order valence-corrected chi connectivity index (χ2v) is 6.94. The van der Waals surface area contributed by atoms with Gasteiger partial charge in [0.15, 0.2) is 0 Å². The number of pyridine rings is 1. The molecule has 5 rings (SSSR count). The van der Waals surface area contributed by atoms with E-state index >= 15 is 0 Å². The zero-order valence-electron chi connectivity index (χ0n) is 15.9. The highest BCUT2D eigenvalue weighted by Gasteiger charge is 2.12. The van der Waals surface area contributed by atoms with Crippen LogP contribution >= 0.6 is 0 Å². The summed E-state index contributed by atoms with van der Waals surface area (Å²) in [5.41, 5.74) is 9.89. The van der Waals surface area contributed by atoms with Gasteiger partial charge in [-0.1, -0.05) is 42.5 Å². The zero-order valence-corrected chi connectivity index (χ0v) is 15.9. The average Bonchev–Trinajstić information content (AvgIpc) is 3.20. The Labute approximate surface area is 172 Å². The summed E-state index contributed by atoms with van der Waals surface area (Å²) < 4.78 is 5.58. The highest BCUT2D eigenvalue weighted by atomic mass is 16.3. The summed E-state index contributed by atoms with van der Waals surface area (Å²) in [4.78, 5) is 16.5. The van der Waals surface area contributed by atoms with Crippen LogP contribution in [0.25, 0.3) is 32.9 Å². The number of nitrogens with zero attached hydrogens (tertiary/aromatic N) is 1. The van der Waals surface area contributed by atoms with Gasteiger partial charge in [-0.25, -0.2) is 9.78 Å². The van der Waals surface area contributed by atoms with E-state index in [4.69, 9.17) is 10.2 Å². The van der Waals surface area contributed by atoms with E-state index in [0.717, 1.165) is 33.0 Å². The van der Waals surface area contributed by atoms with Crippen molar-refractivity contribution in [3.05, 3.63) is 85.3 Å². The minimum Gasteiger partial charge on any atom is -0.463 e. The lowest BCUT2D eigenvalue weighted by Crippen LogP contribution is -2.19. The molecule has 0 bridgehead atoms. The SMILES string of the molecule is Nc1nccc2occ(-c3ccc(NC(=O)Nc4ccc5ccccc5c4)cc3)c12. The quantitative estimate of drug-likeness (QED) is 0.356. The number of furan rings is 1. The average molecular weight is 394 g/mol. The fourth-order valence-electron chi connectivity index (χ4n) is 3.52. The van der Waals surface area contributed by atoms with Gasteiger partial charge in [0.1, 0.15) is 11.4 Å². The Balaban J connectivity index is 1.32. The second-order valence-electron chi connectivity index (χ2n) is 6.94. The number of rotatable bonds is 3. The van der Waals surface area contributed by atoms with Crippen molar-refractivity contribution in [3.63, 3.8) is 0 Å². The van der Waals surface area contributed by atoms with E-state index in [1.807, 2.05) is 66.7 Å².